The molecule has 2 aromatic carbocycles. The van der Waals surface area contributed by atoms with Gasteiger partial charge in [-0.2, -0.15) is 0 Å². The molecule has 26 heavy (non-hydrogen) atoms. The summed E-state index contributed by atoms with van der Waals surface area (Å²) >= 11 is 1.37. The Morgan fingerprint density at radius 2 is 1.69 bits per heavy atom. The van der Waals surface area contributed by atoms with E-state index in [2.05, 4.69) is 34.1 Å². The molecule has 1 N–H and O–H groups in total. The van der Waals surface area contributed by atoms with Gasteiger partial charge in [0.25, 0.3) is 5.91 Å². The predicted molar refractivity (Wildman–Crippen MR) is 103 cm³/mol. The molecular weight excluding hydrogens is 348 g/mol. The number of carbonyl (C=O) groups is 2. The maximum atomic E-state index is 12.3. The number of aryl methyl sites for hydroxylation is 1. The van der Waals surface area contributed by atoms with Gasteiger partial charge < -0.3 is 4.74 Å². The number of amides is 1. The number of ether oxygens (including phenoxy) is 1. The summed E-state index contributed by atoms with van der Waals surface area (Å²) in [4.78, 5) is 28.2. The minimum Gasteiger partial charge on any atom is -0.465 e. The molecule has 3 aromatic rings. The summed E-state index contributed by atoms with van der Waals surface area (Å²) < 4.78 is 4.64. The van der Waals surface area contributed by atoms with Gasteiger partial charge in [-0.1, -0.05) is 31.2 Å². The molecule has 0 aliphatic rings. The number of methoxy groups -OCH3 is 1. The maximum Gasteiger partial charge on any atom is 0.337 e. The lowest BCUT2D eigenvalue weighted by atomic mass is 10.1. The second-order valence-electron chi connectivity index (χ2n) is 5.61. The molecule has 6 heteroatoms. The first kappa shape index (κ1) is 17.8. The van der Waals surface area contributed by atoms with Crippen LogP contribution in [-0.4, -0.2) is 24.0 Å². The summed E-state index contributed by atoms with van der Waals surface area (Å²) in [7, 11) is 1.32. The van der Waals surface area contributed by atoms with E-state index in [1.54, 1.807) is 24.3 Å². The van der Waals surface area contributed by atoms with Crippen LogP contribution in [-0.2, 0) is 11.2 Å². The molecule has 1 amide bonds. The van der Waals surface area contributed by atoms with Crippen LogP contribution >= 0.6 is 11.3 Å². The Kier molecular flexibility index (Phi) is 5.43. The van der Waals surface area contributed by atoms with Gasteiger partial charge in [-0.15, -0.1) is 11.3 Å². The lowest BCUT2D eigenvalue weighted by Gasteiger charge is -2.03. The zero-order valence-electron chi connectivity index (χ0n) is 14.5. The summed E-state index contributed by atoms with van der Waals surface area (Å²) in [5.74, 6) is -0.709. The van der Waals surface area contributed by atoms with Gasteiger partial charge in [0.2, 0.25) is 0 Å². The molecule has 0 saturated heterocycles. The molecular formula is C20H18N2O3S. The topological polar surface area (TPSA) is 68.3 Å². The maximum absolute atomic E-state index is 12.3. The average Bonchev–Trinajstić information content (AvgIpc) is 3.16. The van der Waals surface area contributed by atoms with E-state index in [9.17, 15) is 9.59 Å². The van der Waals surface area contributed by atoms with Gasteiger partial charge in [0.1, 0.15) is 0 Å². The van der Waals surface area contributed by atoms with E-state index < -0.39 is 5.97 Å². The summed E-state index contributed by atoms with van der Waals surface area (Å²) in [5.41, 5.74) is 3.96. The molecule has 3 rings (SSSR count). The Labute approximate surface area is 155 Å². The van der Waals surface area contributed by atoms with Crippen LogP contribution in [0.4, 0.5) is 5.13 Å². The van der Waals surface area contributed by atoms with Crippen LogP contribution in [0.15, 0.2) is 53.9 Å². The first-order valence-electron chi connectivity index (χ1n) is 8.15. The van der Waals surface area contributed by atoms with Crippen molar-refractivity contribution >= 4 is 28.3 Å². The van der Waals surface area contributed by atoms with Crippen molar-refractivity contribution in [3.8, 4) is 11.3 Å². The number of hydrogen-bond donors (Lipinski definition) is 1. The molecule has 132 valence electrons. The van der Waals surface area contributed by atoms with E-state index in [0.29, 0.717) is 16.3 Å². The molecule has 5 nitrogen and oxygen atoms in total. The Morgan fingerprint density at radius 1 is 1.04 bits per heavy atom. The fourth-order valence-corrected chi connectivity index (χ4v) is 3.13. The molecule has 0 saturated carbocycles. The van der Waals surface area contributed by atoms with Crippen LogP contribution in [0.25, 0.3) is 11.3 Å². The Bertz CT molecular complexity index is 915. The van der Waals surface area contributed by atoms with Crippen LogP contribution in [0.2, 0.25) is 0 Å². The lowest BCUT2D eigenvalue weighted by molar-refractivity contribution is 0.0600. The first-order chi connectivity index (χ1) is 12.6. The second-order valence-corrected chi connectivity index (χ2v) is 6.47. The summed E-state index contributed by atoms with van der Waals surface area (Å²) in [5, 5.41) is 5.23. The first-order valence-corrected chi connectivity index (χ1v) is 9.03. The van der Waals surface area contributed by atoms with Crippen molar-refractivity contribution in [3.63, 3.8) is 0 Å². The van der Waals surface area contributed by atoms with Crippen molar-refractivity contribution in [1.29, 1.82) is 0 Å². The highest BCUT2D eigenvalue weighted by Crippen LogP contribution is 2.25. The number of benzene rings is 2. The number of carbonyl (C=O) groups excluding carboxylic acids is 2. The van der Waals surface area contributed by atoms with Gasteiger partial charge in [0.15, 0.2) is 5.13 Å². The van der Waals surface area contributed by atoms with E-state index in [1.807, 2.05) is 17.5 Å². The van der Waals surface area contributed by atoms with Crippen molar-refractivity contribution < 1.29 is 14.3 Å². The number of esters is 1. The minimum absolute atomic E-state index is 0.274. The fraction of sp³-hybridized carbons (Fsp3) is 0.150. The third-order valence-corrected chi connectivity index (χ3v) is 4.71. The third kappa shape index (κ3) is 3.97. The predicted octanol–water partition coefficient (Wildman–Crippen LogP) is 4.41. The molecule has 0 unspecified atom stereocenters. The SMILES string of the molecule is CCc1ccc(-c2csc(NC(=O)c3ccc(C(=O)OC)cc3)n2)cc1. The molecule has 0 atom stereocenters. The van der Waals surface area contributed by atoms with Crippen molar-refractivity contribution in [3.05, 3.63) is 70.6 Å². The van der Waals surface area contributed by atoms with Crippen LogP contribution in [0, 0.1) is 0 Å². The summed E-state index contributed by atoms with van der Waals surface area (Å²) in [6, 6.07) is 14.5. The third-order valence-electron chi connectivity index (χ3n) is 3.95. The van der Waals surface area contributed by atoms with E-state index >= 15 is 0 Å². The molecule has 0 bridgehead atoms. The van der Waals surface area contributed by atoms with E-state index in [-0.39, 0.29) is 5.91 Å². The monoisotopic (exact) mass is 366 g/mol. The van der Waals surface area contributed by atoms with Crippen LogP contribution < -0.4 is 5.32 Å². The molecule has 0 spiro atoms. The van der Waals surface area contributed by atoms with Crippen LogP contribution in [0.1, 0.15) is 33.2 Å². The number of nitrogens with zero attached hydrogens (tertiary/aromatic N) is 1. The fourth-order valence-electron chi connectivity index (χ4n) is 2.42. The van der Waals surface area contributed by atoms with Gasteiger partial charge in [-0.3, -0.25) is 10.1 Å². The van der Waals surface area contributed by atoms with E-state index in [4.69, 9.17) is 0 Å². The molecule has 0 fully saturated rings. The zero-order chi connectivity index (χ0) is 18.5. The van der Waals surface area contributed by atoms with Gasteiger partial charge in [-0.25, -0.2) is 9.78 Å². The minimum atomic E-state index is -0.435. The Morgan fingerprint density at radius 3 is 2.31 bits per heavy atom. The van der Waals surface area contributed by atoms with Gasteiger partial charge >= 0.3 is 5.97 Å². The molecule has 1 heterocycles. The standard InChI is InChI=1S/C20H18N2O3S/c1-3-13-4-6-14(7-5-13)17-12-26-20(21-17)22-18(23)15-8-10-16(11-9-15)19(24)25-2/h4-12H,3H2,1-2H3,(H,21,22,23). The number of rotatable bonds is 5. The highest BCUT2D eigenvalue weighted by molar-refractivity contribution is 7.14. The van der Waals surface area contributed by atoms with Gasteiger partial charge in [0.05, 0.1) is 18.4 Å². The van der Waals surface area contributed by atoms with Gasteiger partial charge in [0, 0.05) is 16.5 Å². The quantitative estimate of drug-likeness (QED) is 0.679. The highest BCUT2D eigenvalue weighted by atomic mass is 32.1. The number of anilines is 1. The van der Waals surface area contributed by atoms with Crippen molar-refractivity contribution in [2.75, 3.05) is 12.4 Å². The number of aromatic nitrogens is 1. The second kappa shape index (κ2) is 7.93. The number of hydrogen-bond acceptors (Lipinski definition) is 5. The van der Waals surface area contributed by atoms with E-state index in [1.165, 1.54) is 24.0 Å². The largest absolute Gasteiger partial charge is 0.465 e. The highest BCUT2D eigenvalue weighted by Gasteiger charge is 2.11. The average molecular weight is 366 g/mol. The zero-order valence-corrected chi connectivity index (χ0v) is 15.3. The molecule has 1 aromatic heterocycles. The van der Waals surface area contributed by atoms with Crippen molar-refractivity contribution in [1.82, 2.24) is 4.98 Å². The normalized spacial score (nSPS) is 10.4. The Hall–Kier alpha value is -2.99. The summed E-state index contributed by atoms with van der Waals surface area (Å²) in [6.45, 7) is 2.11. The molecule has 0 aliphatic heterocycles. The van der Waals surface area contributed by atoms with Crippen LogP contribution in [0.3, 0.4) is 0 Å². The number of thiazole rings is 1. The lowest BCUT2D eigenvalue weighted by Crippen LogP contribution is -2.12. The van der Waals surface area contributed by atoms with Crippen molar-refractivity contribution in [2.45, 2.75) is 13.3 Å². The number of nitrogens with one attached hydrogen (secondary N) is 1. The van der Waals surface area contributed by atoms with Gasteiger partial charge in [-0.05, 0) is 36.2 Å². The van der Waals surface area contributed by atoms with Crippen molar-refractivity contribution in [2.24, 2.45) is 0 Å². The summed E-state index contributed by atoms with van der Waals surface area (Å²) in [6.07, 6.45) is 0.993. The smallest absolute Gasteiger partial charge is 0.337 e. The van der Waals surface area contributed by atoms with E-state index in [0.717, 1.165) is 17.7 Å². The Balaban J connectivity index is 1.70. The molecule has 0 aliphatic carbocycles. The molecule has 0 radical (unpaired) electrons. The van der Waals surface area contributed by atoms with Crippen LogP contribution in [0.5, 0.6) is 0 Å².